The number of ketones is 1. The Balaban J connectivity index is 2.02. The zero-order valence-electron chi connectivity index (χ0n) is 12.5. The fourth-order valence-electron chi connectivity index (χ4n) is 2.17. The normalized spacial score (nSPS) is 10.2. The minimum atomic E-state index is -0.577. The first kappa shape index (κ1) is 15.8. The molecule has 0 radical (unpaired) electrons. The molecule has 2 aromatic rings. The number of Topliss-reactive ketones (excluding diaryl/α,β-unsaturated/α-hetero) is 1. The highest BCUT2D eigenvalue weighted by Gasteiger charge is 2.11. The van der Waals surface area contributed by atoms with E-state index in [9.17, 15) is 9.59 Å². The van der Waals surface area contributed by atoms with Crippen LogP contribution in [0.4, 0.5) is 0 Å². The van der Waals surface area contributed by atoms with Crippen molar-refractivity contribution < 1.29 is 14.3 Å². The van der Waals surface area contributed by atoms with Gasteiger partial charge in [-0.25, -0.2) is 0 Å². The van der Waals surface area contributed by atoms with Gasteiger partial charge < -0.3 is 10.5 Å². The van der Waals surface area contributed by atoms with E-state index >= 15 is 0 Å². The van der Waals surface area contributed by atoms with Crippen molar-refractivity contribution in [2.75, 3.05) is 6.61 Å². The number of nitrogens with two attached hydrogens (primary N) is 1. The van der Waals surface area contributed by atoms with Gasteiger partial charge in [-0.3, -0.25) is 9.59 Å². The maximum atomic E-state index is 12.1. The van der Waals surface area contributed by atoms with Crippen molar-refractivity contribution in [3.8, 4) is 5.75 Å². The lowest BCUT2D eigenvalue weighted by Gasteiger charge is -2.09. The molecule has 4 heteroatoms. The number of rotatable bonds is 7. The van der Waals surface area contributed by atoms with E-state index in [-0.39, 0.29) is 18.0 Å². The first-order valence-electron chi connectivity index (χ1n) is 7.25. The molecule has 0 atom stereocenters. The number of hydrogen-bond donors (Lipinski definition) is 1. The fourth-order valence-corrected chi connectivity index (χ4v) is 2.17. The Morgan fingerprint density at radius 1 is 1.05 bits per heavy atom. The van der Waals surface area contributed by atoms with Crippen LogP contribution in [-0.2, 0) is 6.42 Å². The van der Waals surface area contributed by atoms with Crippen molar-refractivity contribution in [2.45, 2.75) is 19.8 Å². The number of benzene rings is 2. The number of carbonyl (C=O) groups excluding carboxylic acids is 2. The Labute approximate surface area is 129 Å². The molecule has 114 valence electrons. The summed E-state index contributed by atoms with van der Waals surface area (Å²) in [5.41, 5.74) is 7.35. The number of amides is 1. The summed E-state index contributed by atoms with van der Waals surface area (Å²) in [6.45, 7) is 1.99. The van der Waals surface area contributed by atoms with Gasteiger partial charge in [0.2, 0.25) is 0 Å². The standard InChI is InChI=1S/C18H19NO3/c1-2-5-13-8-10-14(11-9-13)16(20)12-22-17-7-4-3-6-15(17)18(19)21/h3-4,6-11H,2,5,12H2,1H3,(H2,19,21). The molecule has 1 amide bonds. The molecule has 0 aromatic heterocycles. The lowest BCUT2D eigenvalue weighted by atomic mass is 10.1. The third kappa shape index (κ3) is 3.95. The van der Waals surface area contributed by atoms with Crippen molar-refractivity contribution >= 4 is 11.7 Å². The molecule has 0 saturated heterocycles. The Morgan fingerprint density at radius 3 is 2.36 bits per heavy atom. The van der Waals surface area contributed by atoms with Crippen LogP contribution >= 0.6 is 0 Å². The van der Waals surface area contributed by atoms with Gasteiger partial charge >= 0.3 is 0 Å². The lowest BCUT2D eigenvalue weighted by molar-refractivity contribution is 0.0912. The molecule has 2 aromatic carbocycles. The Bertz CT molecular complexity index is 662. The van der Waals surface area contributed by atoms with Crippen LogP contribution in [0.3, 0.4) is 0 Å². The van der Waals surface area contributed by atoms with Crippen molar-refractivity contribution in [3.05, 3.63) is 65.2 Å². The second-order valence-corrected chi connectivity index (χ2v) is 5.02. The zero-order chi connectivity index (χ0) is 15.9. The van der Waals surface area contributed by atoms with Gasteiger partial charge in [-0.1, -0.05) is 49.7 Å². The van der Waals surface area contributed by atoms with Crippen molar-refractivity contribution in [3.63, 3.8) is 0 Å². The van der Waals surface area contributed by atoms with Crippen LogP contribution in [-0.4, -0.2) is 18.3 Å². The molecule has 0 aliphatic heterocycles. The number of hydrogen-bond acceptors (Lipinski definition) is 3. The molecular weight excluding hydrogens is 278 g/mol. The number of primary amides is 1. The van der Waals surface area contributed by atoms with Crippen LogP contribution in [0.25, 0.3) is 0 Å². The molecular formula is C18H19NO3. The number of ether oxygens (including phenoxy) is 1. The largest absolute Gasteiger partial charge is 0.485 e. The van der Waals surface area contributed by atoms with Gasteiger partial charge in [0.15, 0.2) is 12.4 Å². The first-order chi connectivity index (χ1) is 10.6. The van der Waals surface area contributed by atoms with Gasteiger partial charge in [0, 0.05) is 5.56 Å². The highest BCUT2D eigenvalue weighted by molar-refractivity contribution is 5.98. The first-order valence-corrected chi connectivity index (χ1v) is 7.25. The van der Waals surface area contributed by atoms with Gasteiger partial charge in [-0.05, 0) is 24.1 Å². The van der Waals surface area contributed by atoms with E-state index in [1.807, 2.05) is 12.1 Å². The summed E-state index contributed by atoms with van der Waals surface area (Å²) in [5.74, 6) is -0.389. The third-order valence-electron chi connectivity index (χ3n) is 3.33. The summed E-state index contributed by atoms with van der Waals surface area (Å²) in [7, 11) is 0. The molecule has 4 nitrogen and oxygen atoms in total. The van der Waals surface area contributed by atoms with Crippen molar-refractivity contribution in [2.24, 2.45) is 5.73 Å². The maximum Gasteiger partial charge on any atom is 0.252 e. The van der Waals surface area contributed by atoms with E-state index in [0.717, 1.165) is 12.8 Å². The lowest BCUT2D eigenvalue weighted by Crippen LogP contribution is -2.16. The highest BCUT2D eigenvalue weighted by atomic mass is 16.5. The second kappa shape index (κ2) is 7.41. The average Bonchev–Trinajstić information content (AvgIpc) is 2.54. The summed E-state index contributed by atoms with van der Waals surface area (Å²) in [5, 5.41) is 0. The molecule has 2 N–H and O–H groups in total. The molecule has 0 aliphatic rings. The quantitative estimate of drug-likeness (QED) is 0.799. The van der Waals surface area contributed by atoms with E-state index in [4.69, 9.17) is 10.5 Å². The van der Waals surface area contributed by atoms with Crippen LogP contribution in [0.15, 0.2) is 48.5 Å². The number of aryl methyl sites for hydroxylation is 1. The minimum absolute atomic E-state index is 0.128. The highest BCUT2D eigenvalue weighted by Crippen LogP contribution is 2.17. The molecule has 22 heavy (non-hydrogen) atoms. The van der Waals surface area contributed by atoms with Crippen molar-refractivity contribution in [1.29, 1.82) is 0 Å². The smallest absolute Gasteiger partial charge is 0.252 e. The van der Waals surface area contributed by atoms with Gasteiger partial charge in [0.1, 0.15) is 5.75 Å². The van der Waals surface area contributed by atoms with Gasteiger partial charge in [-0.2, -0.15) is 0 Å². The van der Waals surface area contributed by atoms with E-state index in [0.29, 0.717) is 11.3 Å². The molecule has 2 rings (SSSR count). The molecule has 0 unspecified atom stereocenters. The maximum absolute atomic E-state index is 12.1. The van der Waals surface area contributed by atoms with Crippen LogP contribution in [0, 0.1) is 0 Å². The molecule has 0 fully saturated rings. The predicted octanol–water partition coefficient (Wildman–Crippen LogP) is 3.00. The minimum Gasteiger partial charge on any atom is -0.485 e. The second-order valence-electron chi connectivity index (χ2n) is 5.02. The summed E-state index contributed by atoms with van der Waals surface area (Å²) in [4.78, 5) is 23.4. The van der Waals surface area contributed by atoms with Crippen LogP contribution in [0.1, 0.15) is 39.6 Å². The Kier molecular flexibility index (Phi) is 5.31. The molecule has 0 bridgehead atoms. The van der Waals surface area contributed by atoms with Gasteiger partial charge in [0.05, 0.1) is 5.56 Å². The molecule has 0 aliphatic carbocycles. The summed E-state index contributed by atoms with van der Waals surface area (Å²) in [6, 6.07) is 14.1. The topological polar surface area (TPSA) is 69.4 Å². The van der Waals surface area contributed by atoms with E-state index < -0.39 is 5.91 Å². The van der Waals surface area contributed by atoms with Crippen LogP contribution in [0.2, 0.25) is 0 Å². The third-order valence-corrected chi connectivity index (χ3v) is 3.33. The van der Waals surface area contributed by atoms with Gasteiger partial charge in [0.25, 0.3) is 5.91 Å². The monoisotopic (exact) mass is 297 g/mol. The van der Waals surface area contributed by atoms with Crippen molar-refractivity contribution in [1.82, 2.24) is 0 Å². The summed E-state index contributed by atoms with van der Waals surface area (Å²) >= 11 is 0. The fraction of sp³-hybridized carbons (Fsp3) is 0.222. The summed E-state index contributed by atoms with van der Waals surface area (Å²) < 4.78 is 5.44. The average molecular weight is 297 g/mol. The molecule has 0 spiro atoms. The van der Waals surface area contributed by atoms with Gasteiger partial charge in [-0.15, -0.1) is 0 Å². The Hall–Kier alpha value is -2.62. The zero-order valence-corrected chi connectivity index (χ0v) is 12.5. The number of para-hydroxylation sites is 1. The predicted molar refractivity (Wildman–Crippen MR) is 85.2 cm³/mol. The summed E-state index contributed by atoms with van der Waals surface area (Å²) in [6.07, 6.45) is 2.07. The van der Waals surface area contributed by atoms with Crippen LogP contribution in [0.5, 0.6) is 5.75 Å². The molecule has 0 saturated carbocycles. The van der Waals surface area contributed by atoms with E-state index in [2.05, 4.69) is 6.92 Å². The van der Waals surface area contributed by atoms with Crippen LogP contribution < -0.4 is 10.5 Å². The molecule has 0 heterocycles. The Morgan fingerprint density at radius 2 is 1.73 bits per heavy atom. The number of carbonyl (C=O) groups is 2. The van der Waals surface area contributed by atoms with E-state index in [1.54, 1.807) is 36.4 Å². The van der Waals surface area contributed by atoms with E-state index in [1.165, 1.54) is 5.56 Å². The SMILES string of the molecule is CCCc1ccc(C(=O)COc2ccccc2C(N)=O)cc1.